The van der Waals surface area contributed by atoms with Crippen molar-refractivity contribution in [3.8, 4) is 0 Å². The van der Waals surface area contributed by atoms with Crippen LogP contribution in [0, 0.1) is 0 Å². The fourth-order valence-electron chi connectivity index (χ4n) is 2.92. The predicted molar refractivity (Wildman–Crippen MR) is 118 cm³/mol. The van der Waals surface area contributed by atoms with Crippen molar-refractivity contribution in [2.75, 3.05) is 19.8 Å². The van der Waals surface area contributed by atoms with E-state index in [0.717, 1.165) is 44.9 Å². The molecule has 174 valence electrons. The van der Waals surface area contributed by atoms with Gasteiger partial charge in [-0.3, -0.25) is 4.79 Å². The van der Waals surface area contributed by atoms with Crippen molar-refractivity contribution in [1.82, 2.24) is 0 Å². The average Bonchev–Trinajstić information content (AvgIpc) is 2.72. The van der Waals surface area contributed by atoms with Gasteiger partial charge in [-0.1, -0.05) is 69.9 Å². The average molecular weight is 419 g/mol. The van der Waals surface area contributed by atoms with Crippen LogP contribution < -0.4 is 0 Å². The zero-order chi connectivity index (χ0) is 22.0. The van der Waals surface area contributed by atoms with Crippen molar-refractivity contribution in [3.05, 3.63) is 12.2 Å². The maximum atomic E-state index is 10.4. The lowest BCUT2D eigenvalue weighted by molar-refractivity contribution is -0.137. The van der Waals surface area contributed by atoms with E-state index in [4.69, 9.17) is 20.4 Å². The molecule has 6 nitrogen and oxygen atoms in total. The third-order valence-corrected chi connectivity index (χ3v) is 4.65. The second-order valence-electron chi connectivity index (χ2n) is 7.51. The number of unbranched alkanes of at least 4 members (excludes halogenated alkanes) is 12. The van der Waals surface area contributed by atoms with Gasteiger partial charge < -0.3 is 25.5 Å². The second kappa shape index (κ2) is 27.0. The molecular weight excluding hydrogens is 372 g/mol. The Balaban J connectivity index is 0. The Kier molecular flexibility index (Phi) is 28.2. The Hall–Kier alpha value is -0.950. The first kappa shape index (κ1) is 30.2. The minimum absolute atomic E-state index is 0.111. The van der Waals surface area contributed by atoms with Gasteiger partial charge in [0.25, 0.3) is 0 Å². The standard InChI is InChI=1S/C21H40O4.C2H6O2/c22-19-20(23)17-15-13-11-9-7-5-3-1-2-4-6-8-10-12-14-16-18-21(24)25;3-1-2-4/h2,4,20,22-23H,1,3,5-19H2,(H,24,25);3-4H,1-2H2/b4-2-;. The summed E-state index contributed by atoms with van der Waals surface area (Å²) in [5.74, 6) is -0.680. The third-order valence-electron chi connectivity index (χ3n) is 4.65. The summed E-state index contributed by atoms with van der Waals surface area (Å²) in [6.07, 6.45) is 21.4. The minimum Gasteiger partial charge on any atom is -0.481 e. The summed E-state index contributed by atoms with van der Waals surface area (Å²) in [6.45, 7) is -0.361. The van der Waals surface area contributed by atoms with Crippen LogP contribution >= 0.6 is 0 Å². The predicted octanol–water partition coefficient (Wildman–Crippen LogP) is 4.19. The topological polar surface area (TPSA) is 118 Å². The molecule has 1 unspecified atom stereocenters. The number of carboxylic acid groups (broad SMARTS) is 1. The number of aliphatic carboxylic acids is 1. The van der Waals surface area contributed by atoms with Crippen LogP contribution in [0.1, 0.15) is 103 Å². The number of carboxylic acids is 1. The van der Waals surface area contributed by atoms with Crippen molar-refractivity contribution in [2.24, 2.45) is 0 Å². The van der Waals surface area contributed by atoms with E-state index in [1.807, 2.05) is 0 Å². The molecule has 6 heteroatoms. The summed E-state index contributed by atoms with van der Waals surface area (Å²) in [6, 6.07) is 0. The summed E-state index contributed by atoms with van der Waals surface area (Å²) in [4.78, 5) is 10.4. The molecule has 0 radical (unpaired) electrons. The van der Waals surface area contributed by atoms with Crippen LogP contribution in [-0.4, -0.2) is 57.4 Å². The minimum atomic E-state index is -0.680. The molecule has 0 aromatic heterocycles. The number of hydrogen-bond donors (Lipinski definition) is 5. The molecule has 0 saturated heterocycles. The third kappa shape index (κ3) is 31.9. The molecule has 0 aromatic carbocycles. The number of aliphatic hydroxyl groups excluding tert-OH is 4. The van der Waals surface area contributed by atoms with Crippen molar-refractivity contribution >= 4 is 5.97 Å². The van der Waals surface area contributed by atoms with Gasteiger partial charge in [0.2, 0.25) is 0 Å². The van der Waals surface area contributed by atoms with Gasteiger partial charge in [0.05, 0.1) is 25.9 Å². The fourth-order valence-corrected chi connectivity index (χ4v) is 2.92. The Morgan fingerprint density at radius 1 is 0.655 bits per heavy atom. The molecule has 0 aliphatic carbocycles. The molecule has 29 heavy (non-hydrogen) atoms. The van der Waals surface area contributed by atoms with Crippen LogP contribution in [-0.2, 0) is 4.79 Å². The van der Waals surface area contributed by atoms with Crippen LogP contribution in [0.25, 0.3) is 0 Å². The molecule has 0 aliphatic rings. The Morgan fingerprint density at radius 2 is 1.07 bits per heavy atom. The van der Waals surface area contributed by atoms with Gasteiger partial charge >= 0.3 is 5.97 Å². The van der Waals surface area contributed by atoms with E-state index in [1.165, 1.54) is 51.4 Å². The highest BCUT2D eigenvalue weighted by Crippen LogP contribution is 2.11. The summed E-state index contributed by atoms with van der Waals surface area (Å²) in [7, 11) is 0. The fraction of sp³-hybridized carbons (Fsp3) is 0.870. The van der Waals surface area contributed by atoms with E-state index < -0.39 is 12.1 Å². The molecule has 0 aromatic rings. The molecule has 0 fully saturated rings. The van der Waals surface area contributed by atoms with Crippen LogP contribution in [0.5, 0.6) is 0 Å². The van der Waals surface area contributed by atoms with E-state index in [9.17, 15) is 9.90 Å². The number of aliphatic hydroxyl groups is 4. The van der Waals surface area contributed by atoms with Crippen LogP contribution in [0.2, 0.25) is 0 Å². The Bertz CT molecular complexity index is 344. The highest BCUT2D eigenvalue weighted by atomic mass is 16.4. The van der Waals surface area contributed by atoms with Gasteiger partial charge in [0.1, 0.15) is 0 Å². The van der Waals surface area contributed by atoms with E-state index in [-0.39, 0.29) is 19.8 Å². The van der Waals surface area contributed by atoms with E-state index >= 15 is 0 Å². The Labute approximate surface area is 177 Å². The van der Waals surface area contributed by atoms with Crippen molar-refractivity contribution in [2.45, 2.75) is 109 Å². The summed E-state index contributed by atoms with van der Waals surface area (Å²) in [5, 5.41) is 41.7. The molecule has 0 bridgehead atoms. The molecule has 0 spiro atoms. The first-order valence-corrected chi connectivity index (χ1v) is 11.5. The summed E-state index contributed by atoms with van der Waals surface area (Å²) < 4.78 is 0. The molecule has 0 heterocycles. The van der Waals surface area contributed by atoms with Crippen molar-refractivity contribution in [3.63, 3.8) is 0 Å². The molecule has 5 N–H and O–H groups in total. The summed E-state index contributed by atoms with van der Waals surface area (Å²) >= 11 is 0. The van der Waals surface area contributed by atoms with Crippen molar-refractivity contribution < 1.29 is 30.3 Å². The lowest BCUT2D eigenvalue weighted by Gasteiger charge is -2.06. The van der Waals surface area contributed by atoms with Gasteiger partial charge in [-0.05, 0) is 38.5 Å². The molecule has 0 amide bonds. The molecule has 0 aliphatic heterocycles. The van der Waals surface area contributed by atoms with Crippen LogP contribution in [0.3, 0.4) is 0 Å². The zero-order valence-corrected chi connectivity index (χ0v) is 18.3. The number of hydrogen-bond acceptors (Lipinski definition) is 5. The van der Waals surface area contributed by atoms with Gasteiger partial charge in [0, 0.05) is 6.42 Å². The zero-order valence-electron chi connectivity index (χ0n) is 18.3. The molecular formula is C23H46O6. The highest BCUT2D eigenvalue weighted by molar-refractivity contribution is 5.66. The smallest absolute Gasteiger partial charge is 0.303 e. The van der Waals surface area contributed by atoms with E-state index in [0.29, 0.717) is 6.42 Å². The largest absolute Gasteiger partial charge is 0.481 e. The summed E-state index contributed by atoms with van der Waals surface area (Å²) in [5.41, 5.74) is 0. The van der Waals surface area contributed by atoms with E-state index in [1.54, 1.807) is 0 Å². The maximum absolute atomic E-state index is 10.4. The van der Waals surface area contributed by atoms with Gasteiger partial charge in [-0.25, -0.2) is 0 Å². The highest BCUT2D eigenvalue weighted by Gasteiger charge is 2.00. The number of allylic oxidation sites excluding steroid dienone is 2. The van der Waals surface area contributed by atoms with E-state index in [2.05, 4.69) is 12.2 Å². The lowest BCUT2D eigenvalue weighted by Crippen LogP contribution is -2.10. The van der Waals surface area contributed by atoms with Crippen LogP contribution in [0.4, 0.5) is 0 Å². The first-order valence-electron chi connectivity index (χ1n) is 11.5. The van der Waals surface area contributed by atoms with Crippen molar-refractivity contribution in [1.29, 1.82) is 0 Å². The normalized spacial score (nSPS) is 12.0. The quantitative estimate of drug-likeness (QED) is 0.149. The Morgan fingerprint density at radius 3 is 1.48 bits per heavy atom. The number of carbonyl (C=O) groups is 1. The van der Waals surface area contributed by atoms with Gasteiger partial charge in [-0.2, -0.15) is 0 Å². The van der Waals surface area contributed by atoms with Gasteiger partial charge in [-0.15, -0.1) is 0 Å². The number of rotatable bonds is 20. The second-order valence-corrected chi connectivity index (χ2v) is 7.51. The monoisotopic (exact) mass is 418 g/mol. The van der Waals surface area contributed by atoms with Crippen LogP contribution in [0.15, 0.2) is 12.2 Å². The SMILES string of the molecule is O=C(O)CCCCCCC/C=C\CCCCCCCCCC(O)CO.OCCO. The maximum Gasteiger partial charge on any atom is 0.303 e. The molecule has 0 saturated carbocycles. The first-order chi connectivity index (χ1) is 14.1. The molecule has 0 rings (SSSR count). The van der Waals surface area contributed by atoms with Gasteiger partial charge in [0.15, 0.2) is 0 Å². The molecule has 1 atom stereocenters. The lowest BCUT2D eigenvalue weighted by atomic mass is 10.1.